The SMILES string of the molecule is CCS(=O)(=O)c1cc2c(c(-c3cn(C)c(=O)c4[nH]ccc34)c1)OC(C)C(=O)N2. The van der Waals surface area contributed by atoms with Crippen molar-refractivity contribution in [2.24, 2.45) is 7.05 Å². The molecule has 1 aliphatic heterocycles. The van der Waals surface area contributed by atoms with E-state index in [0.29, 0.717) is 33.5 Å². The topological polar surface area (TPSA) is 110 Å². The number of carbonyl (C=O) groups is 1. The van der Waals surface area contributed by atoms with Crippen LogP contribution in [0.5, 0.6) is 5.75 Å². The predicted octanol–water partition coefficient (Wildman–Crippen LogP) is 2.05. The van der Waals surface area contributed by atoms with Crippen molar-refractivity contribution in [3.63, 3.8) is 0 Å². The molecule has 1 aromatic carbocycles. The number of aromatic nitrogens is 2. The summed E-state index contributed by atoms with van der Waals surface area (Å²) < 4.78 is 32.3. The Kier molecular flexibility index (Phi) is 4.07. The van der Waals surface area contributed by atoms with Crippen LogP contribution in [0.2, 0.25) is 0 Å². The Labute approximate surface area is 161 Å². The minimum atomic E-state index is -3.53. The highest BCUT2D eigenvalue weighted by Crippen LogP contribution is 2.43. The molecule has 0 spiro atoms. The largest absolute Gasteiger partial charge is 0.478 e. The Balaban J connectivity index is 2.10. The van der Waals surface area contributed by atoms with Gasteiger partial charge in [-0.25, -0.2) is 8.42 Å². The minimum Gasteiger partial charge on any atom is -0.478 e. The number of benzene rings is 1. The molecular formula is C19H19N3O5S. The van der Waals surface area contributed by atoms with Crippen molar-refractivity contribution in [1.29, 1.82) is 0 Å². The number of nitrogens with zero attached hydrogens (tertiary/aromatic N) is 1. The number of fused-ring (bicyclic) bond motifs is 2. The van der Waals surface area contributed by atoms with Crippen LogP contribution in [-0.2, 0) is 21.7 Å². The number of aryl methyl sites for hydroxylation is 1. The molecule has 9 heteroatoms. The standard InChI is InChI=1S/C19H19N3O5S/c1-4-28(25,26)11-7-13(17-15(8-11)21-18(23)10(2)27-17)14-9-22(3)19(24)16-12(14)5-6-20-16/h5-10,20H,4H2,1-3H3,(H,21,23). The Morgan fingerprint density at radius 2 is 1.96 bits per heavy atom. The summed E-state index contributed by atoms with van der Waals surface area (Å²) in [6.45, 7) is 3.17. The maximum atomic E-state index is 12.5. The van der Waals surface area contributed by atoms with Gasteiger partial charge >= 0.3 is 0 Å². The van der Waals surface area contributed by atoms with Gasteiger partial charge in [-0.2, -0.15) is 0 Å². The van der Waals surface area contributed by atoms with Gasteiger partial charge in [-0.15, -0.1) is 0 Å². The molecular weight excluding hydrogens is 382 g/mol. The van der Waals surface area contributed by atoms with Crippen LogP contribution in [0.3, 0.4) is 0 Å². The second kappa shape index (κ2) is 6.23. The van der Waals surface area contributed by atoms with E-state index in [2.05, 4.69) is 10.3 Å². The molecule has 0 radical (unpaired) electrons. The number of rotatable bonds is 3. The summed E-state index contributed by atoms with van der Waals surface area (Å²) in [5.74, 6) is -0.0523. The highest BCUT2D eigenvalue weighted by Gasteiger charge is 2.29. The van der Waals surface area contributed by atoms with E-state index in [1.54, 1.807) is 39.4 Å². The zero-order chi connectivity index (χ0) is 20.2. The van der Waals surface area contributed by atoms with Gasteiger partial charge in [0.25, 0.3) is 11.5 Å². The number of aromatic amines is 1. The summed E-state index contributed by atoms with van der Waals surface area (Å²) in [5.41, 5.74) is 1.63. The predicted molar refractivity (Wildman–Crippen MR) is 105 cm³/mol. The molecule has 3 aromatic rings. The molecule has 0 aliphatic carbocycles. The molecule has 8 nitrogen and oxygen atoms in total. The molecule has 1 aliphatic rings. The Hall–Kier alpha value is -3.07. The van der Waals surface area contributed by atoms with Crippen molar-refractivity contribution < 1.29 is 17.9 Å². The van der Waals surface area contributed by atoms with Crippen LogP contribution in [0.4, 0.5) is 5.69 Å². The number of H-pyrrole nitrogens is 1. The minimum absolute atomic E-state index is 0.0801. The van der Waals surface area contributed by atoms with Crippen LogP contribution >= 0.6 is 0 Å². The van der Waals surface area contributed by atoms with Crippen molar-refractivity contribution in [3.8, 4) is 16.9 Å². The van der Waals surface area contributed by atoms with Gasteiger partial charge in [-0.3, -0.25) is 9.59 Å². The lowest BCUT2D eigenvalue weighted by molar-refractivity contribution is -0.122. The van der Waals surface area contributed by atoms with E-state index in [9.17, 15) is 18.0 Å². The Morgan fingerprint density at radius 1 is 1.21 bits per heavy atom. The first-order valence-corrected chi connectivity index (χ1v) is 10.4. The molecule has 1 atom stereocenters. The number of nitrogens with one attached hydrogen (secondary N) is 2. The van der Waals surface area contributed by atoms with Crippen molar-refractivity contribution in [1.82, 2.24) is 9.55 Å². The molecule has 0 saturated carbocycles. The highest BCUT2D eigenvalue weighted by molar-refractivity contribution is 7.91. The van der Waals surface area contributed by atoms with E-state index in [4.69, 9.17) is 4.74 Å². The summed E-state index contributed by atoms with van der Waals surface area (Å²) in [6.07, 6.45) is 2.56. The third kappa shape index (κ3) is 2.70. The summed E-state index contributed by atoms with van der Waals surface area (Å²) in [4.78, 5) is 27.5. The molecule has 0 fully saturated rings. The van der Waals surface area contributed by atoms with Crippen LogP contribution in [-0.4, -0.2) is 35.7 Å². The summed E-state index contributed by atoms with van der Waals surface area (Å²) >= 11 is 0. The van der Waals surface area contributed by atoms with Crippen LogP contribution in [0.1, 0.15) is 13.8 Å². The molecule has 1 unspecified atom stereocenters. The van der Waals surface area contributed by atoms with Crippen LogP contribution in [0.25, 0.3) is 22.0 Å². The average Bonchev–Trinajstić information content (AvgIpc) is 3.15. The van der Waals surface area contributed by atoms with Gasteiger partial charge < -0.3 is 19.6 Å². The molecule has 0 bridgehead atoms. The smallest absolute Gasteiger partial charge is 0.274 e. The first-order valence-electron chi connectivity index (χ1n) is 8.78. The van der Waals surface area contributed by atoms with Gasteiger partial charge in [0.15, 0.2) is 21.7 Å². The van der Waals surface area contributed by atoms with E-state index < -0.39 is 15.9 Å². The summed E-state index contributed by atoms with van der Waals surface area (Å²) in [6, 6.07) is 4.70. The molecule has 28 heavy (non-hydrogen) atoms. The fourth-order valence-electron chi connectivity index (χ4n) is 3.32. The van der Waals surface area contributed by atoms with Crippen molar-refractivity contribution in [2.75, 3.05) is 11.1 Å². The zero-order valence-corrected chi connectivity index (χ0v) is 16.4. The monoisotopic (exact) mass is 401 g/mol. The normalized spacial score (nSPS) is 16.5. The summed E-state index contributed by atoms with van der Waals surface area (Å²) in [7, 11) is -1.91. The quantitative estimate of drug-likeness (QED) is 0.698. The third-order valence-electron chi connectivity index (χ3n) is 4.91. The fourth-order valence-corrected chi connectivity index (χ4v) is 4.24. The van der Waals surface area contributed by atoms with Gasteiger partial charge in [-0.05, 0) is 25.1 Å². The lowest BCUT2D eigenvalue weighted by atomic mass is 10.0. The van der Waals surface area contributed by atoms with Gasteiger partial charge in [0.05, 0.1) is 16.3 Å². The number of amides is 1. The number of hydrogen-bond acceptors (Lipinski definition) is 5. The first-order chi connectivity index (χ1) is 13.2. The van der Waals surface area contributed by atoms with E-state index in [0.717, 1.165) is 0 Å². The molecule has 3 heterocycles. The zero-order valence-electron chi connectivity index (χ0n) is 15.6. The molecule has 146 valence electrons. The van der Waals surface area contributed by atoms with Crippen LogP contribution in [0.15, 0.2) is 40.3 Å². The van der Waals surface area contributed by atoms with E-state index in [-0.39, 0.29) is 22.1 Å². The average molecular weight is 401 g/mol. The first kappa shape index (κ1) is 18.3. The van der Waals surface area contributed by atoms with Gasteiger partial charge in [0.1, 0.15) is 5.52 Å². The van der Waals surface area contributed by atoms with E-state index >= 15 is 0 Å². The number of hydrogen-bond donors (Lipinski definition) is 2. The van der Waals surface area contributed by atoms with Crippen molar-refractivity contribution in [2.45, 2.75) is 24.8 Å². The number of sulfone groups is 1. The molecule has 2 aromatic heterocycles. The third-order valence-corrected chi connectivity index (χ3v) is 6.62. The Morgan fingerprint density at radius 3 is 2.68 bits per heavy atom. The van der Waals surface area contributed by atoms with Crippen molar-refractivity contribution in [3.05, 3.63) is 40.9 Å². The summed E-state index contributed by atoms with van der Waals surface area (Å²) in [5, 5.41) is 3.36. The number of ether oxygens (including phenoxy) is 1. The number of carbonyl (C=O) groups excluding carboxylic acids is 1. The van der Waals surface area contributed by atoms with E-state index in [1.807, 2.05) is 0 Å². The lowest BCUT2D eigenvalue weighted by Gasteiger charge is -2.26. The molecule has 1 amide bonds. The van der Waals surface area contributed by atoms with Gasteiger partial charge in [0, 0.05) is 36.0 Å². The second-order valence-electron chi connectivity index (χ2n) is 6.73. The molecule has 2 N–H and O–H groups in total. The number of anilines is 1. The second-order valence-corrected chi connectivity index (χ2v) is 9.00. The Bertz CT molecular complexity index is 1290. The fraction of sp³-hybridized carbons (Fsp3) is 0.263. The van der Waals surface area contributed by atoms with Crippen LogP contribution in [0, 0.1) is 0 Å². The van der Waals surface area contributed by atoms with E-state index in [1.165, 1.54) is 16.7 Å². The maximum Gasteiger partial charge on any atom is 0.274 e. The van der Waals surface area contributed by atoms with Crippen LogP contribution < -0.4 is 15.6 Å². The molecule has 0 saturated heterocycles. The van der Waals surface area contributed by atoms with Gasteiger partial charge in [-0.1, -0.05) is 6.92 Å². The van der Waals surface area contributed by atoms with Crippen molar-refractivity contribution >= 4 is 32.3 Å². The highest BCUT2D eigenvalue weighted by atomic mass is 32.2. The molecule has 4 rings (SSSR count). The lowest BCUT2D eigenvalue weighted by Crippen LogP contribution is -2.34. The maximum absolute atomic E-state index is 12.5. The number of pyridine rings is 1. The van der Waals surface area contributed by atoms with Gasteiger partial charge in [0.2, 0.25) is 0 Å².